The van der Waals surface area contributed by atoms with Gasteiger partial charge in [0.1, 0.15) is 0 Å². The highest BCUT2D eigenvalue weighted by atomic mass is 32.2. The maximum Gasteiger partial charge on any atom is 0.0220 e. The van der Waals surface area contributed by atoms with Gasteiger partial charge in [0.15, 0.2) is 0 Å². The van der Waals surface area contributed by atoms with Gasteiger partial charge in [0.05, 0.1) is 0 Å². The lowest BCUT2D eigenvalue weighted by molar-refractivity contribution is 0.146. The molecule has 16 heavy (non-hydrogen) atoms. The lowest BCUT2D eigenvalue weighted by Gasteiger charge is -2.36. The van der Waals surface area contributed by atoms with Gasteiger partial charge in [-0.2, -0.15) is 11.8 Å². The van der Waals surface area contributed by atoms with E-state index in [0.29, 0.717) is 0 Å². The summed E-state index contributed by atoms with van der Waals surface area (Å²) in [6.45, 7) is 3.90. The molecular formula is C13H26N2S. The average molecular weight is 242 g/mol. The summed E-state index contributed by atoms with van der Waals surface area (Å²) >= 11 is 1.98. The van der Waals surface area contributed by atoms with Gasteiger partial charge in [-0.15, -0.1) is 0 Å². The Morgan fingerprint density at radius 1 is 1.25 bits per heavy atom. The van der Waals surface area contributed by atoms with Crippen molar-refractivity contribution in [3.63, 3.8) is 0 Å². The van der Waals surface area contributed by atoms with E-state index in [2.05, 4.69) is 16.5 Å². The minimum atomic E-state index is 0.830. The van der Waals surface area contributed by atoms with E-state index in [4.69, 9.17) is 0 Å². The molecule has 0 aromatic rings. The van der Waals surface area contributed by atoms with Gasteiger partial charge >= 0.3 is 0 Å². The molecule has 0 bridgehead atoms. The average Bonchev–Trinajstić information content (AvgIpc) is 3.12. The van der Waals surface area contributed by atoms with Crippen LogP contribution in [-0.4, -0.2) is 48.6 Å². The molecule has 94 valence electrons. The van der Waals surface area contributed by atoms with Crippen molar-refractivity contribution >= 4 is 11.8 Å². The second kappa shape index (κ2) is 6.87. The Morgan fingerprint density at radius 2 is 2.12 bits per heavy atom. The molecule has 3 heteroatoms. The van der Waals surface area contributed by atoms with Crippen molar-refractivity contribution in [2.45, 2.75) is 50.6 Å². The van der Waals surface area contributed by atoms with Crippen LogP contribution in [0.25, 0.3) is 0 Å². The van der Waals surface area contributed by atoms with Crippen molar-refractivity contribution in [3.8, 4) is 0 Å². The lowest BCUT2D eigenvalue weighted by atomic mass is 10.0. The number of thioether (sulfide) groups is 1. The van der Waals surface area contributed by atoms with E-state index >= 15 is 0 Å². The summed E-state index contributed by atoms with van der Waals surface area (Å²) in [5.41, 5.74) is 0. The SMILES string of the molecule is CSCCCN1CCCCC1CNC1CC1. The van der Waals surface area contributed by atoms with Crippen molar-refractivity contribution in [2.24, 2.45) is 0 Å². The molecule has 2 nitrogen and oxygen atoms in total. The molecule has 1 atom stereocenters. The van der Waals surface area contributed by atoms with Gasteiger partial charge in [-0.1, -0.05) is 6.42 Å². The van der Waals surface area contributed by atoms with Crippen LogP contribution in [-0.2, 0) is 0 Å². The van der Waals surface area contributed by atoms with Gasteiger partial charge in [0.2, 0.25) is 0 Å². The van der Waals surface area contributed by atoms with Crippen molar-refractivity contribution in [1.29, 1.82) is 0 Å². The summed E-state index contributed by atoms with van der Waals surface area (Å²) in [4.78, 5) is 2.73. The van der Waals surface area contributed by atoms with Crippen LogP contribution in [0.5, 0.6) is 0 Å². The maximum absolute atomic E-state index is 3.70. The summed E-state index contributed by atoms with van der Waals surface area (Å²) in [5, 5.41) is 3.70. The molecule has 1 aliphatic carbocycles. The van der Waals surface area contributed by atoms with E-state index in [1.54, 1.807) is 0 Å². The zero-order valence-corrected chi connectivity index (χ0v) is 11.4. The summed E-state index contributed by atoms with van der Waals surface area (Å²) < 4.78 is 0. The summed E-state index contributed by atoms with van der Waals surface area (Å²) in [6, 6.07) is 1.70. The Morgan fingerprint density at radius 3 is 2.88 bits per heavy atom. The predicted molar refractivity (Wildman–Crippen MR) is 73.2 cm³/mol. The zero-order chi connectivity index (χ0) is 11.2. The van der Waals surface area contributed by atoms with Gasteiger partial charge in [-0.25, -0.2) is 0 Å². The Balaban J connectivity index is 1.67. The fourth-order valence-corrected chi connectivity index (χ4v) is 3.01. The Labute approximate surface area is 105 Å². The van der Waals surface area contributed by atoms with Crippen LogP contribution < -0.4 is 5.32 Å². The molecule has 1 saturated heterocycles. The van der Waals surface area contributed by atoms with Crippen LogP contribution in [0, 0.1) is 0 Å². The Hall–Kier alpha value is 0.270. The molecule has 2 aliphatic rings. The molecule has 0 aromatic heterocycles. The molecule has 1 saturated carbocycles. The standard InChI is InChI=1S/C13H26N2S/c1-16-10-4-9-15-8-3-2-5-13(15)11-14-12-6-7-12/h12-14H,2-11H2,1H3. The number of nitrogens with one attached hydrogen (secondary N) is 1. The van der Waals surface area contributed by atoms with E-state index in [1.165, 1.54) is 63.9 Å². The third-order valence-electron chi connectivity index (χ3n) is 3.76. The molecule has 1 heterocycles. The van der Waals surface area contributed by atoms with Crippen LogP contribution in [0.4, 0.5) is 0 Å². The van der Waals surface area contributed by atoms with Crippen LogP contribution in [0.3, 0.4) is 0 Å². The second-order valence-electron chi connectivity index (χ2n) is 5.21. The largest absolute Gasteiger partial charge is 0.312 e. The van der Waals surface area contributed by atoms with Crippen molar-refractivity contribution < 1.29 is 0 Å². The Kier molecular flexibility index (Phi) is 5.46. The number of piperidine rings is 1. The molecule has 0 spiro atoms. The minimum absolute atomic E-state index is 0.830. The monoisotopic (exact) mass is 242 g/mol. The van der Waals surface area contributed by atoms with E-state index in [-0.39, 0.29) is 0 Å². The summed E-state index contributed by atoms with van der Waals surface area (Å²) in [5.74, 6) is 1.32. The lowest BCUT2D eigenvalue weighted by Crippen LogP contribution is -2.46. The van der Waals surface area contributed by atoms with Gasteiger partial charge in [0, 0.05) is 18.6 Å². The molecule has 2 rings (SSSR count). The first-order chi connectivity index (χ1) is 7.90. The molecule has 0 amide bonds. The predicted octanol–water partition coefficient (Wildman–Crippen LogP) is 2.35. The zero-order valence-electron chi connectivity index (χ0n) is 10.6. The van der Waals surface area contributed by atoms with Crippen LogP contribution in [0.1, 0.15) is 38.5 Å². The minimum Gasteiger partial charge on any atom is -0.312 e. The topological polar surface area (TPSA) is 15.3 Å². The molecule has 1 N–H and O–H groups in total. The fraction of sp³-hybridized carbons (Fsp3) is 1.00. The smallest absolute Gasteiger partial charge is 0.0220 e. The van der Waals surface area contributed by atoms with Gasteiger partial charge in [0.25, 0.3) is 0 Å². The molecule has 1 aliphatic heterocycles. The molecule has 0 radical (unpaired) electrons. The highest BCUT2D eigenvalue weighted by molar-refractivity contribution is 7.98. The molecule has 0 aromatic carbocycles. The van der Waals surface area contributed by atoms with Gasteiger partial charge in [-0.3, -0.25) is 4.90 Å². The summed E-state index contributed by atoms with van der Waals surface area (Å²) in [7, 11) is 0. The number of likely N-dealkylation sites (tertiary alicyclic amines) is 1. The Bertz CT molecular complexity index is 194. The van der Waals surface area contributed by atoms with Gasteiger partial charge < -0.3 is 5.32 Å². The van der Waals surface area contributed by atoms with Gasteiger partial charge in [-0.05, 0) is 57.2 Å². The number of hydrogen-bond donors (Lipinski definition) is 1. The third kappa shape index (κ3) is 4.27. The van der Waals surface area contributed by atoms with E-state index < -0.39 is 0 Å². The van der Waals surface area contributed by atoms with Crippen LogP contribution >= 0.6 is 11.8 Å². The van der Waals surface area contributed by atoms with Crippen LogP contribution in [0.2, 0.25) is 0 Å². The molecule has 1 unspecified atom stereocenters. The number of nitrogens with zero attached hydrogens (tertiary/aromatic N) is 1. The van der Waals surface area contributed by atoms with Crippen molar-refractivity contribution in [2.75, 3.05) is 31.6 Å². The second-order valence-corrected chi connectivity index (χ2v) is 6.20. The van der Waals surface area contributed by atoms with E-state index in [9.17, 15) is 0 Å². The highest BCUT2D eigenvalue weighted by Gasteiger charge is 2.25. The van der Waals surface area contributed by atoms with E-state index in [1.807, 2.05) is 11.8 Å². The third-order valence-corrected chi connectivity index (χ3v) is 4.46. The van der Waals surface area contributed by atoms with Crippen molar-refractivity contribution in [3.05, 3.63) is 0 Å². The number of rotatable bonds is 7. The number of hydrogen-bond acceptors (Lipinski definition) is 3. The quantitative estimate of drug-likeness (QED) is 0.690. The first-order valence-electron chi connectivity index (χ1n) is 6.86. The maximum atomic E-state index is 3.70. The summed E-state index contributed by atoms with van der Waals surface area (Å²) in [6.07, 6.45) is 10.7. The molecular weight excluding hydrogens is 216 g/mol. The first-order valence-corrected chi connectivity index (χ1v) is 8.26. The fourth-order valence-electron chi connectivity index (χ4n) is 2.59. The van der Waals surface area contributed by atoms with E-state index in [0.717, 1.165) is 12.1 Å². The van der Waals surface area contributed by atoms with Crippen LogP contribution in [0.15, 0.2) is 0 Å². The molecule has 2 fully saturated rings. The first kappa shape index (κ1) is 12.7. The normalized spacial score (nSPS) is 27.2. The van der Waals surface area contributed by atoms with Crippen molar-refractivity contribution in [1.82, 2.24) is 10.2 Å². The highest BCUT2D eigenvalue weighted by Crippen LogP contribution is 2.21.